The Bertz CT molecular complexity index is 606. The van der Waals surface area contributed by atoms with E-state index >= 15 is 0 Å². The van der Waals surface area contributed by atoms with Crippen molar-refractivity contribution in [3.05, 3.63) is 22.4 Å². The van der Waals surface area contributed by atoms with Crippen molar-refractivity contribution in [2.24, 2.45) is 0 Å². The van der Waals surface area contributed by atoms with Crippen LogP contribution in [0, 0.1) is 0 Å². The van der Waals surface area contributed by atoms with Gasteiger partial charge in [-0.2, -0.15) is 0 Å². The first kappa shape index (κ1) is 13.7. The van der Waals surface area contributed by atoms with Gasteiger partial charge in [-0.15, -0.1) is 22.7 Å². The molecule has 0 aromatic carbocycles. The van der Waals surface area contributed by atoms with Crippen LogP contribution in [-0.2, 0) is 16.0 Å². The molecule has 0 spiro atoms. The van der Waals surface area contributed by atoms with Crippen molar-refractivity contribution in [2.75, 3.05) is 5.32 Å². The van der Waals surface area contributed by atoms with E-state index in [-0.39, 0.29) is 12.3 Å². The van der Waals surface area contributed by atoms with E-state index in [1.54, 1.807) is 5.48 Å². The number of amides is 2. The summed E-state index contributed by atoms with van der Waals surface area (Å²) in [6.45, 7) is 1.43. The molecule has 19 heavy (non-hydrogen) atoms. The maximum atomic E-state index is 11.0. The summed E-state index contributed by atoms with van der Waals surface area (Å²) in [5.74, 6) is -0.613. The molecule has 0 aliphatic rings. The highest BCUT2D eigenvalue weighted by Gasteiger charge is 2.10. The average molecular weight is 297 g/mol. The summed E-state index contributed by atoms with van der Waals surface area (Å²) in [6, 6.07) is 3.67. The van der Waals surface area contributed by atoms with Crippen molar-refractivity contribution < 1.29 is 14.8 Å². The van der Waals surface area contributed by atoms with Gasteiger partial charge in [0.1, 0.15) is 0 Å². The highest BCUT2D eigenvalue weighted by Crippen LogP contribution is 2.30. The number of nitrogens with zero attached hydrogens (tertiary/aromatic N) is 1. The van der Waals surface area contributed by atoms with E-state index in [0.29, 0.717) is 5.13 Å². The number of rotatable bonds is 4. The third kappa shape index (κ3) is 3.60. The lowest BCUT2D eigenvalue weighted by Gasteiger charge is -1.94. The molecule has 8 heteroatoms. The third-order valence-electron chi connectivity index (χ3n) is 2.16. The fraction of sp³-hybridized carbons (Fsp3) is 0.182. The van der Waals surface area contributed by atoms with Crippen molar-refractivity contribution in [3.63, 3.8) is 0 Å². The molecule has 2 amide bonds. The number of carbonyl (C=O) groups is 2. The lowest BCUT2D eigenvalue weighted by molar-refractivity contribution is -0.128. The normalized spacial score (nSPS) is 10.2. The Kier molecular flexibility index (Phi) is 4.25. The zero-order chi connectivity index (χ0) is 13.8. The summed E-state index contributed by atoms with van der Waals surface area (Å²) in [5, 5.41) is 13.5. The van der Waals surface area contributed by atoms with Crippen LogP contribution in [0.5, 0.6) is 0 Å². The van der Waals surface area contributed by atoms with Crippen LogP contribution in [0.3, 0.4) is 0 Å². The van der Waals surface area contributed by atoms with Gasteiger partial charge in [0.2, 0.25) is 11.8 Å². The van der Waals surface area contributed by atoms with Crippen LogP contribution in [0.15, 0.2) is 17.5 Å². The second-order valence-electron chi connectivity index (χ2n) is 3.70. The van der Waals surface area contributed by atoms with E-state index in [4.69, 9.17) is 5.21 Å². The SMILES string of the molecule is CC(=O)Nc1nc(-c2ccc(CC(=O)NO)s2)cs1. The van der Waals surface area contributed by atoms with E-state index < -0.39 is 5.91 Å². The van der Waals surface area contributed by atoms with Gasteiger partial charge in [0.05, 0.1) is 17.0 Å². The molecule has 2 heterocycles. The minimum Gasteiger partial charge on any atom is -0.302 e. The summed E-state index contributed by atoms with van der Waals surface area (Å²) in [5.41, 5.74) is 2.35. The molecule has 0 saturated heterocycles. The molecule has 100 valence electrons. The summed E-state index contributed by atoms with van der Waals surface area (Å²) in [4.78, 5) is 28.0. The van der Waals surface area contributed by atoms with Crippen LogP contribution < -0.4 is 10.8 Å². The zero-order valence-corrected chi connectivity index (χ0v) is 11.6. The lowest BCUT2D eigenvalue weighted by atomic mass is 10.3. The number of hydrogen-bond acceptors (Lipinski definition) is 6. The highest BCUT2D eigenvalue weighted by atomic mass is 32.1. The van der Waals surface area contributed by atoms with Crippen molar-refractivity contribution in [2.45, 2.75) is 13.3 Å². The number of aromatic nitrogens is 1. The molecule has 2 aromatic heterocycles. The fourth-order valence-corrected chi connectivity index (χ4v) is 3.20. The van der Waals surface area contributed by atoms with Gasteiger partial charge >= 0.3 is 0 Å². The molecule has 0 atom stereocenters. The molecule has 0 radical (unpaired) electrons. The van der Waals surface area contributed by atoms with Crippen LogP contribution >= 0.6 is 22.7 Å². The Hall–Kier alpha value is -1.77. The molecule has 2 rings (SSSR count). The molecule has 2 aromatic rings. The predicted molar refractivity (Wildman–Crippen MR) is 73.4 cm³/mol. The molecule has 0 aliphatic carbocycles. The predicted octanol–water partition coefficient (Wildman–Crippen LogP) is 1.88. The fourth-order valence-electron chi connectivity index (χ4n) is 1.40. The molecule has 6 nitrogen and oxygen atoms in total. The molecule has 0 aliphatic heterocycles. The Balaban J connectivity index is 2.11. The van der Waals surface area contributed by atoms with E-state index in [2.05, 4.69) is 10.3 Å². The summed E-state index contributed by atoms with van der Waals surface area (Å²) in [6.07, 6.45) is 0.129. The number of carbonyl (C=O) groups excluding carboxylic acids is 2. The van der Waals surface area contributed by atoms with Crippen LogP contribution in [0.25, 0.3) is 10.6 Å². The second-order valence-corrected chi connectivity index (χ2v) is 5.72. The first-order valence-corrected chi connectivity index (χ1v) is 7.03. The van der Waals surface area contributed by atoms with Crippen LogP contribution in [0.1, 0.15) is 11.8 Å². The molecule has 0 fully saturated rings. The van der Waals surface area contributed by atoms with Crippen molar-refractivity contribution in [1.82, 2.24) is 10.5 Å². The van der Waals surface area contributed by atoms with Gasteiger partial charge in [0.25, 0.3) is 0 Å². The Morgan fingerprint density at radius 2 is 2.21 bits per heavy atom. The average Bonchev–Trinajstić information content (AvgIpc) is 2.97. The summed E-state index contributed by atoms with van der Waals surface area (Å²) < 4.78 is 0. The molecular weight excluding hydrogens is 286 g/mol. The van der Waals surface area contributed by atoms with Gasteiger partial charge in [-0.1, -0.05) is 0 Å². The molecular formula is C11H11N3O3S2. The second kappa shape index (κ2) is 5.91. The van der Waals surface area contributed by atoms with Crippen molar-refractivity contribution in [1.29, 1.82) is 0 Å². The highest BCUT2D eigenvalue weighted by molar-refractivity contribution is 7.17. The molecule has 0 bridgehead atoms. The number of thiazole rings is 1. The van der Waals surface area contributed by atoms with E-state index in [0.717, 1.165) is 15.4 Å². The number of nitrogens with one attached hydrogen (secondary N) is 2. The van der Waals surface area contributed by atoms with Crippen LogP contribution in [0.4, 0.5) is 5.13 Å². The maximum absolute atomic E-state index is 11.0. The minimum atomic E-state index is -0.453. The molecule has 0 saturated carbocycles. The number of anilines is 1. The Morgan fingerprint density at radius 1 is 1.42 bits per heavy atom. The minimum absolute atomic E-state index is 0.129. The van der Waals surface area contributed by atoms with Crippen molar-refractivity contribution in [3.8, 4) is 10.6 Å². The van der Waals surface area contributed by atoms with E-state index in [1.807, 2.05) is 17.5 Å². The summed E-state index contributed by atoms with van der Waals surface area (Å²) in [7, 11) is 0. The first-order valence-electron chi connectivity index (χ1n) is 5.33. The van der Waals surface area contributed by atoms with E-state index in [1.165, 1.54) is 29.6 Å². The molecule has 0 unspecified atom stereocenters. The Morgan fingerprint density at radius 3 is 2.89 bits per heavy atom. The van der Waals surface area contributed by atoms with Gasteiger partial charge in [-0.25, -0.2) is 10.5 Å². The van der Waals surface area contributed by atoms with E-state index in [9.17, 15) is 9.59 Å². The number of hydrogen-bond donors (Lipinski definition) is 3. The topological polar surface area (TPSA) is 91.3 Å². The summed E-state index contributed by atoms with van der Waals surface area (Å²) >= 11 is 2.77. The van der Waals surface area contributed by atoms with Gasteiger partial charge in [0, 0.05) is 17.2 Å². The number of hydroxylamine groups is 1. The van der Waals surface area contributed by atoms with Gasteiger partial charge in [-0.05, 0) is 12.1 Å². The maximum Gasteiger partial charge on any atom is 0.248 e. The smallest absolute Gasteiger partial charge is 0.248 e. The van der Waals surface area contributed by atoms with Gasteiger partial charge in [0.15, 0.2) is 5.13 Å². The quantitative estimate of drug-likeness (QED) is 0.593. The van der Waals surface area contributed by atoms with Gasteiger partial charge < -0.3 is 5.32 Å². The van der Waals surface area contributed by atoms with Crippen LogP contribution in [-0.4, -0.2) is 22.0 Å². The largest absolute Gasteiger partial charge is 0.302 e. The van der Waals surface area contributed by atoms with Crippen LogP contribution in [0.2, 0.25) is 0 Å². The standard InChI is InChI=1S/C11H11N3O3S2/c1-6(15)12-11-13-8(5-18-11)9-3-2-7(19-9)4-10(16)14-17/h2-3,5,17H,4H2,1H3,(H,14,16)(H,12,13,15). The van der Waals surface area contributed by atoms with Crippen molar-refractivity contribution >= 4 is 39.6 Å². The monoisotopic (exact) mass is 297 g/mol. The Labute approximate surface area is 117 Å². The molecule has 3 N–H and O–H groups in total. The zero-order valence-electron chi connectivity index (χ0n) is 9.97. The lowest BCUT2D eigenvalue weighted by Crippen LogP contribution is -2.20. The third-order valence-corrected chi connectivity index (χ3v) is 4.03. The van der Waals surface area contributed by atoms with Gasteiger partial charge in [-0.3, -0.25) is 14.8 Å². The first-order chi connectivity index (χ1) is 9.08. The number of thiophene rings is 1.